The van der Waals surface area contributed by atoms with E-state index in [0.29, 0.717) is 52.5 Å². The average molecular weight is 558 g/mol. The van der Waals surface area contributed by atoms with Crippen LogP contribution in [0.3, 0.4) is 0 Å². The second kappa shape index (κ2) is 11.8. The van der Waals surface area contributed by atoms with Crippen LogP contribution in [0, 0.1) is 10.1 Å². The number of hydrogen-bond donors (Lipinski definition) is 0. The van der Waals surface area contributed by atoms with Crippen molar-refractivity contribution in [1.82, 2.24) is 0 Å². The highest BCUT2D eigenvalue weighted by atomic mass is 16.7. The Balaban J connectivity index is 1.66. The van der Waals surface area contributed by atoms with Gasteiger partial charge in [-0.3, -0.25) is 14.9 Å². The van der Waals surface area contributed by atoms with Crippen molar-refractivity contribution in [3.63, 3.8) is 0 Å². The molecule has 3 aromatic rings. The number of benzene rings is 3. The van der Waals surface area contributed by atoms with E-state index in [4.69, 9.17) is 18.9 Å². The SMILES string of the molecule is COc1cccc2c1cc([N+](=O)[O-])c1c(C(=O)OC3C=C(C=O)CC/C=C(\C)CC/C=C(\C)C3)cc3c(c12)OCO3. The van der Waals surface area contributed by atoms with E-state index in [1.165, 1.54) is 24.8 Å². The first kappa shape index (κ1) is 27.9. The molecule has 3 aromatic carbocycles. The highest BCUT2D eigenvalue weighted by Crippen LogP contribution is 2.49. The van der Waals surface area contributed by atoms with Crippen LogP contribution in [-0.2, 0) is 9.53 Å². The smallest absolute Gasteiger partial charge is 0.339 e. The van der Waals surface area contributed by atoms with Gasteiger partial charge in [-0.25, -0.2) is 4.79 Å². The minimum absolute atomic E-state index is 0.0203. The summed E-state index contributed by atoms with van der Waals surface area (Å²) in [6.07, 6.45) is 9.32. The van der Waals surface area contributed by atoms with E-state index in [0.717, 1.165) is 24.7 Å². The molecule has 5 rings (SSSR count). The highest BCUT2D eigenvalue weighted by Gasteiger charge is 2.31. The van der Waals surface area contributed by atoms with Crippen LogP contribution >= 0.6 is 0 Å². The maximum atomic E-state index is 13.9. The van der Waals surface area contributed by atoms with Crippen molar-refractivity contribution in [3.05, 3.63) is 81.0 Å². The average Bonchev–Trinajstić information content (AvgIpc) is 3.43. The van der Waals surface area contributed by atoms with Gasteiger partial charge in [0.1, 0.15) is 18.1 Å². The molecule has 9 heteroatoms. The molecule has 1 heterocycles. The normalized spacial score (nSPS) is 20.1. The van der Waals surface area contributed by atoms with Gasteiger partial charge in [-0.15, -0.1) is 0 Å². The maximum Gasteiger partial charge on any atom is 0.339 e. The summed E-state index contributed by atoms with van der Waals surface area (Å²) in [6, 6.07) is 8.10. The summed E-state index contributed by atoms with van der Waals surface area (Å²) in [7, 11) is 1.49. The largest absolute Gasteiger partial charge is 0.496 e. The molecule has 41 heavy (non-hydrogen) atoms. The number of aldehydes is 1. The fraction of sp³-hybridized carbons (Fsp3) is 0.312. The third-order valence-electron chi connectivity index (χ3n) is 7.46. The first-order chi connectivity index (χ1) is 19.8. The number of non-ortho nitro benzene ring substituents is 1. The van der Waals surface area contributed by atoms with E-state index in [9.17, 15) is 19.7 Å². The monoisotopic (exact) mass is 557 g/mol. The first-order valence-corrected chi connectivity index (χ1v) is 13.5. The Labute approximate surface area is 237 Å². The van der Waals surface area contributed by atoms with Crippen molar-refractivity contribution in [2.45, 2.75) is 52.1 Å². The maximum absolute atomic E-state index is 13.9. The van der Waals surface area contributed by atoms with Gasteiger partial charge < -0.3 is 18.9 Å². The number of nitro benzene ring substituents is 1. The lowest BCUT2D eigenvalue weighted by atomic mass is 9.94. The standard InChI is InChI=1S/C32H31NO8/c1-19-7-4-9-20(2)13-22(14-21(17-34)10-5-8-19)41-32(35)25-16-28-31(40-18-39-28)30-23-11-6-12-27(38-3)24(23)15-26(29(25)30)33(36)37/h6,8-9,11-12,14-17,22H,4-5,7,10,13,18H2,1-3H3/b19-8+,20-9+,21-14?. The molecule has 1 unspecified atom stereocenters. The van der Waals surface area contributed by atoms with Gasteiger partial charge in [-0.2, -0.15) is 0 Å². The summed E-state index contributed by atoms with van der Waals surface area (Å²) in [5.41, 5.74) is 2.50. The molecule has 1 aliphatic heterocycles. The van der Waals surface area contributed by atoms with Crippen molar-refractivity contribution in [1.29, 1.82) is 0 Å². The highest BCUT2D eigenvalue weighted by molar-refractivity contribution is 6.22. The van der Waals surface area contributed by atoms with Crippen LogP contribution in [0.25, 0.3) is 21.5 Å². The number of nitrogens with zero attached hydrogens (tertiary/aromatic N) is 1. The molecule has 2 aliphatic rings. The molecule has 0 N–H and O–H groups in total. The Morgan fingerprint density at radius 2 is 1.83 bits per heavy atom. The lowest BCUT2D eigenvalue weighted by Crippen LogP contribution is -2.18. The van der Waals surface area contributed by atoms with E-state index >= 15 is 0 Å². The predicted molar refractivity (Wildman–Crippen MR) is 155 cm³/mol. The minimum atomic E-state index is -0.763. The zero-order valence-corrected chi connectivity index (χ0v) is 23.2. The van der Waals surface area contributed by atoms with Crippen LogP contribution in [0.1, 0.15) is 56.3 Å². The van der Waals surface area contributed by atoms with Gasteiger partial charge in [0.15, 0.2) is 11.5 Å². The van der Waals surface area contributed by atoms with Crippen LogP contribution < -0.4 is 14.2 Å². The van der Waals surface area contributed by atoms with Gasteiger partial charge in [0, 0.05) is 23.3 Å². The zero-order valence-electron chi connectivity index (χ0n) is 23.2. The molecule has 0 fully saturated rings. The van der Waals surface area contributed by atoms with Crippen molar-refractivity contribution in [3.8, 4) is 17.2 Å². The zero-order chi connectivity index (χ0) is 29.1. The Bertz CT molecular complexity index is 1650. The van der Waals surface area contributed by atoms with Crippen LogP contribution in [0.4, 0.5) is 5.69 Å². The number of rotatable bonds is 5. The summed E-state index contributed by atoms with van der Waals surface area (Å²) in [4.78, 5) is 37.6. The van der Waals surface area contributed by atoms with Crippen LogP contribution in [0.2, 0.25) is 0 Å². The molecular formula is C32H31NO8. The lowest BCUT2D eigenvalue weighted by Gasteiger charge is -2.18. The summed E-state index contributed by atoms with van der Waals surface area (Å²) >= 11 is 0. The third-order valence-corrected chi connectivity index (χ3v) is 7.46. The molecule has 212 valence electrons. The topological polar surface area (TPSA) is 114 Å². The van der Waals surface area contributed by atoms with Crippen LogP contribution in [0.15, 0.2) is 65.3 Å². The van der Waals surface area contributed by atoms with Gasteiger partial charge in [-0.05, 0) is 68.7 Å². The van der Waals surface area contributed by atoms with Gasteiger partial charge in [0.05, 0.1) is 23.0 Å². The van der Waals surface area contributed by atoms with Crippen LogP contribution in [0.5, 0.6) is 17.2 Å². The Hall–Kier alpha value is -4.66. The van der Waals surface area contributed by atoms with Crippen molar-refractivity contribution in [2.75, 3.05) is 13.9 Å². The van der Waals surface area contributed by atoms with E-state index in [1.54, 1.807) is 24.3 Å². The Kier molecular flexibility index (Phi) is 8.05. The minimum Gasteiger partial charge on any atom is -0.496 e. The molecule has 9 nitrogen and oxygen atoms in total. The molecule has 0 spiro atoms. The molecule has 0 amide bonds. The predicted octanol–water partition coefficient (Wildman–Crippen LogP) is 7.15. The molecule has 0 bridgehead atoms. The number of methoxy groups -OCH3 is 1. The Morgan fingerprint density at radius 3 is 2.59 bits per heavy atom. The first-order valence-electron chi connectivity index (χ1n) is 13.5. The van der Waals surface area contributed by atoms with Crippen molar-refractivity contribution < 1.29 is 33.5 Å². The number of carbonyl (C=O) groups excluding carboxylic acids is 2. The van der Waals surface area contributed by atoms with Crippen LogP contribution in [-0.4, -0.2) is 37.2 Å². The number of fused-ring (bicyclic) bond motifs is 5. The van der Waals surface area contributed by atoms with E-state index < -0.39 is 17.0 Å². The molecular weight excluding hydrogens is 526 g/mol. The van der Waals surface area contributed by atoms with E-state index in [2.05, 4.69) is 19.1 Å². The fourth-order valence-electron chi connectivity index (χ4n) is 5.46. The second-order valence-electron chi connectivity index (χ2n) is 10.3. The molecule has 0 radical (unpaired) electrons. The number of nitro groups is 1. The molecule has 1 atom stereocenters. The Morgan fingerprint density at radius 1 is 1.05 bits per heavy atom. The van der Waals surface area contributed by atoms with Gasteiger partial charge in [-0.1, -0.05) is 35.4 Å². The van der Waals surface area contributed by atoms with Crippen molar-refractivity contribution in [2.24, 2.45) is 0 Å². The molecule has 0 saturated carbocycles. The third kappa shape index (κ3) is 5.66. The van der Waals surface area contributed by atoms with Gasteiger partial charge >= 0.3 is 5.97 Å². The summed E-state index contributed by atoms with van der Waals surface area (Å²) in [6.45, 7) is 3.95. The number of allylic oxidation sites excluding steroid dienone is 4. The summed E-state index contributed by atoms with van der Waals surface area (Å²) in [5.74, 6) is 0.283. The molecule has 0 aromatic heterocycles. The van der Waals surface area contributed by atoms with E-state index in [1.807, 2.05) is 6.92 Å². The van der Waals surface area contributed by atoms with Gasteiger partial charge in [0.25, 0.3) is 5.69 Å². The fourth-order valence-corrected chi connectivity index (χ4v) is 5.46. The number of ether oxygens (including phenoxy) is 4. The van der Waals surface area contributed by atoms with E-state index in [-0.39, 0.29) is 29.2 Å². The van der Waals surface area contributed by atoms with Gasteiger partial charge in [0.2, 0.25) is 6.79 Å². The second-order valence-corrected chi connectivity index (χ2v) is 10.3. The lowest BCUT2D eigenvalue weighted by molar-refractivity contribution is -0.383. The quantitative estimate of drug-likeness (QED) is 0.0812. The number of hydrogen-bond acceptors (Lipinski definition) is 8. The molecule has 1 aliphatic carbocycles. The summed E-state index contributed by atoms with van der Waals surface area (Å²) < 4.78 is 22.8. The van der Waals surface area contributed by atoms with Crippen molar-refractivity contribution >= 4 is 39.5 Å². The number of esters is 1. The summed E-state index contributed by atoms with van der Waals surface area (Å²) in [5, 5.41) is 13.9. The number of carbonyl (C=O) groups is 2. The molecule has 0 saturated heterocycles.